The average Bonchev–Trinajstić information content (AvgIpc) is 2.87. The molecule has 34 heavy (non-hydrogen) atoms. The van der Waals surface area contributed by atoms with Crippen LogP contribution < -0.4 is 15.8 Å². The summed E-state index contributed by atoms with van der Waals surface area (Å²) in [7, 11) is 0. The van der Waals surface area contributed by atoms with E-state index in [0.717, 1.165) is 76.5 Å². The zero-order valence-electron chi connectivity index (χ0n) is 19.3. The quantitative estimate of drug-likeness (QED) is 0.570. The summed E-state index contributed by atoms with van der Waals surface area (Å²) < 4.78 is 14.9. The van der Waals surface area contributed by atoms with E-state index in [9.17, 15) is 14.0 Å². The zero-order valence-corrected chi connectivity index (χ0v) is 19.3. The van der Waals surface area contributed by atoms with Gasteiger partial charge in [0, 0.05) is 56.9 Å². The van der Waals surface area contributed by atoms with Crippen molar-refractivity contribution in [2.24, 2.45) is 0 Å². The second kappa shape index (κ2) is 9.93. The number of nitrogens with one attached hydrogen (secondary N) is 1. The van der Waals surface area contributed by atoms with Crippen molar-refractivity contribution in [2.45, 2.75) is 32.2 Å². The summed E-state index contributed by atoms with van der Waals surface area (Å²) in [5.74, 6) is 0.473. The monoisotopic (exact) mass is 463 g/mol. The predicted molar refractivity (Wildman–Crippen MR) is 131 cm³/mol. The molecule has 2 aromatic carbocycles. The number of amides is 1. The number of anilines is 1. The molecule has 178 valence electrons. The van der Waals surface area contributed by atoms with Gasteiger partial charge in [-0.2, -0.15) is 0 Å². The first-order valence-corrected chi connectivity index (χ1v) is 12.1. The molecule has 2 aliphatic heterocycles. The van der Waals surface area contributed by atoms with Crippen LogP contribution in [0.25, 0.3) is 10.9 Å². The summed E-state index contributed by atoms with van der Waals surface area (Å²) in [5, 5.41) is 3.57. The van der Waals surface area contributed by atoms with Crippen molar-refractivity contribution < 1.29 is 9.18 Å². The van der Waals surface area contributed by atoms with Crippen molar-refractivity contribution in [2.75, 3.05) is 44.2 Å². The Hall–Kier alpha value is -3.26. The molecule has 5 rings (SSSR count). The number of benzene rings is 2. The molecule has 1 amide bonds. The fourth-order valence-corrected chi connectivity index (χ4v) is 4.87. The number of aryl methyl sites for hydroxylation is 1. The summed E-state index contributed by atoms with van der Waals surface area (Å²) in [5.41, 5.74) is 2.19. The van der Waals surface area contributed by atoms with Gasteiger partial charge in [0.05, 0.1) is 10.9 Å². The van der Waals surface area contributed by atoms with Crippen LogP contribution in [0.4, 0.5) is 10.1 Å². The van der Waals surface area contributed by atoms with Gasteiger partial charge in [0.1, 0.15) is 11.6 Å². The maximum absolute atomic E-state index is 13.1. The van der Waals surface area contributed by atoms with Gasteiger partial charge in [-0.25, -0.2) is 9.37 Å². The molecule has 7 nitrogen and oxygen atoms in total. The zero-order chi connectivity index (χ0) is 23.5. The Bertz CT molecular complexity index is 1230. The topological polar surface area (TPSA) is 70.5 Å². The lowest BCUT2D eigenvalue weighted by Gasteiger charge is -2.36. The molecular weight excluding hydrogens is 433 g/mol. The lowest BCUT2D eigenvalue weighted by molar-refractivity contribution is 0.0951. The number of rotatable bonds is 6. The minimum absolute atomic E-state index is 0.00816. The van der Waals surface area contributed by atoms with Crippen LogP contribution in [0.3, 0.4) is 0 Å². The van der Waals surface area contributed by atoms with Crippen LogP contribution in [0, 0.1) is 5.82 Å². The number of carbonyl (C=O) groups is 1. The van der Waals surface area contributed by atoms with Crippen molar-refractivity contribution in [1.82, 2.24) is 19.8 Å². The van der Waals surface area contributed by atoms with Crippen molar-refractivity contribution in [3.05, 3.63) is 70.0 Å². The first-order valence-electron chi connectivity index (χ1n) is 12.1. The van der Waals surface area contributed by atoms with Crippen molar-refractivity contribution in [3.8, 4) is 0 Å². The van der Waals surface area contributed by atoms with Gasteiger partial charge < -0.3 is 10.2 Å². The second-order valence-electron chi connectivity index (χ2n) is 9.09. The van der Waals surface area contributed by atoms with Crippen molar-refractivity contribution in [1.29, 1.82) is 0 Å². The van der Waals surface area contributed by atoms with Gasteiger partial charge in [-0.1, -0.05) is 0 Å². The Labute approximate surface area is 198 Å². The first kappa shape index (κ1) is 22.5. The number of hydrogen-bond donors (Lipinski definition) is 1. The first-order chi connectivity index (χ1) is 16.6. The van der Waals surface area contributed by atoms with E-state index in [2.05, 4.69) is 20.1 Å². The van der Waals surface area contributed by atoms with E-state index in [-0.39, 0.29) is 17.3 Å². The number of aromatic nitrogens is 2. The van der Waals surface area contributed by atoms with Gasteiger partial charge in [-0.3, -0.25) is 19.1 Å². The maximum Gasteiger partial charge on any atom is 0.261 e. The molecular formula is C26H30FN5O2. The molecule has 3 heterocycles. The van der Waals surface area contributed by atoms with E-state index >= 15 is 0 Å². The number of piperazine rings is 1. The normalized spacial score (nSPS) is 16.4. The molecule has 0 unspecified atom stereocenters. The van der Waals surface area contributed by atoms with Crippen LogP contribution in [-0.4, -0.2) is 59.6 Å². The summed E-state index contributed by atoms with van der Waals surface area (Å²) in [6.45, 7) is 5.94. The Morgan fingerprint density at radius 3 is 2.59 bits per heavy atom. The summed E-state index contributed by atoms with van der Waals surface area (Å²) in [6, 6.07) is 11.8. The Balaban J connectivity index is 1.10. The molecule has 1 fully saturated rings. The fourth-order valence-electron chi connectivity index (χ4n) is 4.87. The molecule has 1 aromatic heterocycles. The van der Waals surface area contributed by atoms with Crippen LogP contribution in [0.5, 0.6) is 0 Å². The summed E-state index contributed by atoms with van der Waals surface area (Å²) in [4.78, 5) is 34.7. The third-order valence-corrected chi connectivity index (χ3v) is 6.83. The number of hydrogen-bond acceptors (Lipinski definition) is 5. The molecule has 0 bridgehead atoms. The molecule has 0 radical (unpaired) electrons. The van der Waals surface area contributed by atoms with Crippen molar-refractivity contribution >= 4 is 22.5 Å². The van der Waals surface area contributed by atoms with Crippen LogP contribution in [0.2, 0.25) is 0 Å². The number of carbonyl (C=O) groups excluding carboxylic acids is 1. The highest BCUT2D eigenvalue weighted by molar-refractivity contribution is 5.97. The maximum atomic E-state index is 13.1. The molecule has 1 N–H and O–H groups in total. The van der Waals surface area contributed by atoms with Gasteiger partial charge in [-0.05, 0) is 68.3 Å². The number of nitrogens with zero attached hydrogens (tertiary/aromatic N) is 4. The Kier molecular flexibility index (Phi) is 6.58. The largest absolute Gasteiger partial charge is 0.369 e. The van der Waals surface area contributed by atoms with E-state index in [0.29, 0.717) is 23.0 Å². The van der Waals surface area contributed by atoms with E-state index in [1.54, 1.807) is 22.8 Å². The Morgan fingerprint density at radius 1 is 1.00 bits per heavy atom. The minimum atomic E-state index is -0.211. The Morgan fingerprint density at radius 2 is 1.79 bits per heavy atom. The molecule has 3 aromatic rings. The standard InChI is InChI=1S/C26H30FN5O2/c27-20-6-8-21(9-7-20)31-16-14-30(15-17-31)12-3-11-28-25(33)19-5-10-22-23(18-19)29-24-4-1-2-13-32(24)26(22)34/h5-10,18H,1-4,11-17H2,(H,28,33). The van der Waals surface area contributed by atoms with Crippen molar-refractivity contribution in [3.63, 3.8) is 0 Å². The molecule has 0 saturated carbocycles. The van der Waals surface area contributed by atoms with Gasteiger partial charge in [0.25, 0.3) is 11.5 Å². The number of halogens is 1. The lowest BCUT2D eigenvalue weighted by Crippen LogP contribution is -2.47. The average molecular weight is 464 g/mol. The predicted octanol–water partition coefficient (Wildman–Crippen LogP) is 2.81. The van der Waals surface area contributed by atoms with E-state index in [1.807, 2.05) is 12.1 Å². The fraction of sp³-hybridized carbons (Fsp3) is 0.423. The van der Waals surface area contributed by atoms with Gasteiger partial charge in [-0.15, -0.1) is 0 Å². The number of fused-ring (bicyclic) bond motifs is 2. The van der Waals surface area contributed by atoms with E-state index < -0.39 is 0 Å². The molecule has 1 saturated heterocycles. The summed E-state index contributed by atoms with van der Waals surface area (Å²) >= 11 is 0. The van der Waals surface area contributed by atoms with Crippen LogP contribution >= 0.6 is 0 Å². The SMILES string of the molecule is O=C(NCCCN1CCN(c2ccc(F)cc2)CC1)c1ccc2c(=O)n3c(nc2c1)CCCC3. The molecule has 2 aliphatic rings. The third-order valence-electron chi connectivity index (χ3n) is 6.83. The second-order valence-corrected chi connectivity index (χ2v) is 9.09. The molecule has 8 heteroatoms. The molecule has 0 atom stereocenters. The highest BCUT2D eigenvalue weighted by Gasteiger charge is 2.18. The molecule has 0 aliphatic carbocycles. The van der Waals surface area contributed by atoms with E-state index in [1.165, 1.54) is 12.1 Å². The van der Waals surface area contributed by atoms with Gasteiger partial charge in [0.2, 0.25) is 0 Å². The van der Waals surface area contributed by atoms with Crippen LogP contribution in [0.1, 0.15) is 35.4 Å². The molecule has 0 spiro atoms. The lowest BCUT2D eigenvalue weighted by atomic mass is 10.1. The van der Waals surface area contributed by atoms with Crippen LogP contribution in [0.15, 0.2) is 47.3 Å². The van der Waals surface area contributed by atoms with Crippen LogP contribution in [-0.2, 0) is 13.0 Å². The minimum Gasteiger partial charge on any atom is -0.369 e. The highest BCUT2D eigenvalue weighted by atomic mass is 19.1. The summed E-state index contributed by atoms with van der Waals surface area (Å²) in [6.07, 6.45) is 3.71. The smallest absolute Gasteiger partial charge is 0.261 e. The van der Waals surface area contributed by atoms with Gasteiger partial charge >= 0.3 is 0 Å². The third kappa shape index (κ3) is 4.82. The highest BCUT2D eigenvalue weighted by Crippen LogP contribution is 2.18. The van der Waals surface area contributed by atoms with Gasteiger partial charge in [0.15, 0.2) is 0 Å². The van der Waals surface area contributed by atoms with E-state index in [4.69, 9.17) is 0 Å².